The van der Waals surface area contributed by atoms with Crippen LogP contribution >= 0.6 is 15.9 Å². The molecule has 0 amide bonds. The van der Waals surface area contributed by atoms with Crippen LogP contribution in [0.25, 0.3) is 0 Å². The number of aromatic nitrogens is 2. The Morgan fingerprint density at radius 1 is 1.42 bits per heavy atom. The Bertz CT molecular complexity index is 835. The second-order valence-electron chi connectivity index (χ2n) is 4.79. The lowest BCUT2D eigenvalue weighted by Gasteiger charge is -2.10. The second kappa shape index (κ2) is 7.77. The highest BCUT2D eigenvalue weighted by Crippen LogP contribution is 2.23. The van der Waals surface area contributed by atoms with Crippen LogP contribution in [-0.2, 0) is 33.2 Å². The number of ether oxygens (including phenoxy) is 2. The zero-order valence-electron chi connectivity index (χ0n) is 13.0. The maximum absolute atomic E-state index is 12.0. The highest BCUT2D eigenvalue weighted by molar-refractivity contribution is 9.10. The van der Waals surface area contributed by atoms with Gasteiger partial charge in [0.1, 0.15) is 23.8 Å². The monoisotopic (exact) mass is 417 g/mol. The number of carbonyl (C=O) groups is 1. The first-order valence-electron chi connectivity index (χ1n) is 6.78. The number of esters is 1. The number of sulfonamides is 1. The zero-order valence-corrected chi connectivity index (χ0v) is 15.4. The molecule has 0 aliphatic carbocycles. The van der Waals surface area contributed by atoms with Crippen LogP contribution in [0.1, 0.15) is 5.56 Å². The molecule has 0 spiro atoms. The standard InChI is InChI=1S/C14H16BrN3O5S/c1-18-8-12(6-16-18)24(20,21)17-7-14(19)23-9-10-5-11(15)3-4-13(10)22-2/h3-6,8,17H,7,9H2,1-2H3. The Labute approximate surface area is 147 Å². The van der Waals surface area contributed by atoms with Crippen molar-refractivity contribution >= 4 is 31.9 Å². The molecular formula is C14H16BrN3O5S. The largest absolute Gasteiger partial charge is 0.496 e. The summed E-state index contributed by atoms with van der Waals surface area (Å²) in [5, 5.41) is 3.78. The zero-order chi connectivity index (χ0) is 17.7. The summed E-state index contributed by atoms with van der Waals surface area (Å²) in [6.07, 6.45) is 2.53. The van der Waals surface area contributed by atoms with Crippen LogP contribution in [0.4, 0.5) is 0 Å². The lowest BCUT2D eigenvalue weighted by molar-refractivity contribution is -0.143. The van der Waals surface area contributed by atoms with Gasteiger partial charge in [0.25, 0.3) is 0 Å². The first kappa shape index (κ1) is 18.4. The molecule has 0 fully saturated rings. The SMILES string of the molecule is COc1ccc(Br)cc1COC(=O)CNS(=O)(=O)c1cnn(C)c1. The van der Waals surface area contributed by atoms with Gasteiger partial charge in [0.15, 0.2) is 0 Å². The molecule has 0 aliphatic rings. The third-order valence-electron chi connectivity index (χ3n) is 3.03. The molecule has 1 heterocycles. The lowest BCUT2D eigenvalue weighted by atomic mass is 10.2. The summed E-state index contributed by atoms with van der Waals surface area (Å²) in [6.45, 7) is -0.510. The van der Waals surface area contributed by atoms with Crippen molar-refractivity contribution in [1.29, 1.82) is 0 Å². The molecule has 1 aromatic carbocycles. The van der Waals surface area contributed by atoms with Crippen LogP contribution in [0.3, 0.4) is 0 Å². The second-order valence-corrected chi connectivity index (χ2v) is 7.47. The summed E-state index contributed by atoms with van der Waals surface area (Å²) in [6, 6.07) is 5.29. The first-order chi connectivity index (χ1) is 11.3. The molecule has 24 heavy (non-hydrogen) atoms. The first-order valence-corrected chi connectivity index (χ1v) is 9.06. The Kier molecular flexibility index (Phi) is 5.97. The van der Waals surface area contributed by atoms with Crippen molar-refractivity contribution in [3.8, 4) is 5.75 Å². The fourth-order valence-electron chi connectivity index (χ4n) is 1.84. The molecule has 130 valence electrons. The molecule has 0 aliphatic heterocycles. The predicted octanol–water partition coefficient (Wildman–Crippen LogP) is 1.21. The molecule has 2 rings (SSSR count). The smallest absolute Gasteiger partial charge is 0.321 e. The van der Waals surface area contributed by atoms with Gasteiger partial charge in [0.2, 0.25) is 10.0 Å². The number of benzene rings is 1. The number of nitrogens with one attached hydrogen (secondary N) is 1. The number of carbonyl (C=O) groups excluding carboxylic acids is 1. The maximum atomic E-state index is 12.0. The Balaban J connectivity index is 1.91. The molecule has 0 bridgehead atoms. The fourth-order valence-corrected chi connectivity index (χ4v) is 3.20. The molecule has 0 saturated carbocycles. The van der Waals surface area contributed by atoms with Crippen LogP contribution in [0.15, 0.2) is 40.0 Å². The van der Waals surface area contributed by atoms with E-state index in [0.29, 0.717) is 11.3 Å². The Morgan fingerprint density at radius 3 is 2.79 bits per heavy atom. The van der Waals surface area contributed by atoms with E-state index in [0.717, 1.165) is 4.47 Å². The average molecular weight is 418 g/mol. The topological polar surface area (TPSA) is 99.5 Å². The minimum atomic E-state index is -3.80. The molecule has 1 N–H and O–H groups in total. The van der Waals surface area contributed by atoms with Gasteiger partial charge >= 0.3 is 5.97 Å². The maximum Gasteiger partial charge on any atom is 0.321 e. The van der Waals surface area contributed by atoms with Gasteiger partial charge in [-0.05, 0) is 18.2 Å². The van der Waals surface area contributed by atoms with E-state index in [9.17, 15) is 13.2 Å². The number of nitrogens with zero attached hydrogens (tertiary/aromatic N) is 2. The highest BCUT2D eigenvalue weighted by Gasteiger charge is 2.18. The van der Waals surface area contributed by atoms with Crippen LogP contribution in [0.2, 0.25) is 0 Å². The average Bonchev–Trinajstić information content (AvgIpc) is 2.98. The van der Waals surface area contributed by atoms with E-state index in [-0.39, 0.29) is 11.5 Å². The van der Waals surface area contributed by atoms with Crippen molar-refractivity contribution < 1.29 is 22.7 Å². The number of hydrogen-bond donors (Lipinski definition) is 1. The Morgan fingerprint density at radius 2 is 2.17 bits per heavy atom. The van der Waals surface area contributed by atoms with Crippen molar-refractivity contribution in [3.05, 3.63) is 40.6 Å². The molecule has 0 atom stereocenters. The third-order valence-corrected chi connectivity index (χ3v) is 4.88. The van der Waals surface area contributed by atoms with E-state index < -0.39 is 22.5 Å². The number of hydrogen-bond acceptors (Lipinski definition) is 6. The number of methoxy groups -OCH3 is 1. The predicted molar refractivity (Wildman–Crippen MR) is 88.9 cm³/mol. The highest BCUT2D eigenvalue weighted by atomic mass is 79.9. The molecule has 0 radical (unpaired) electrons. The van der Waals surface area contributed by atoms with Gasteiger partial charge in [-0.2, -0.15) is 9.82 Å². The molecule has 1 aromatic heterocycles. The van der Waals surface area contributed by atoms with Crippen molar-refractivity contribution in [2.75, 3.05) is 13.7 Å². The van der Waals surface area contributed by atoms with Gasteiger partial charge in [-0.25, -0.2) is 8.42 Å². The van der Waals surface area contributed by atoms with Crippen LogP contribution in [0, 0.1) is 0 Å². The summed E-state index contributed by atoms with van der Waals surface area (Å²) in [4.78, 5) is 11.7. The van der Waals surface area contributed by atoms with Crippen molar-refractivity contribution in [2.45, 2.75) is 11.5 Å². The summed E-state index contributed by atoms with van der Waals surface area (Å²) in [5.41, 5.74) is 0.662. The summed E-state index contributed by atoms with van der Waals surface area (Å²) >= 11 is 3.32. The molecule has 0 unspecified atom stereocenters. The fraction of sp³-hybridized carbons (Fsp3) is 0.286. The quantitative estimate of drug-likeness (QED) is 0.679. The van der Waals surface area contributed by atoms with Gasteiger partial charge in [-0.1, -0.05) is 15.9 Å². The number of aryl methyl sites for hydroxylation is 1. The third kappa shape index (κ3) is 4.79. The van der Waals surface area contributed by atoms with Crippen molar-refractivity contribution in [3.63, 3.8) is 0 Å². The minimum absolute atomic E-state index is 0.0218. The lowest BCUT2D eigenvalue weighted by Crippen LogP contribution is -2.30. The molecule has 2 aromatic rings. The van der Waals surface area contributed by atoms with Crippen molar-refractivity contribution in [1.82, 2.24) is 14.5 Å². The van der Waals surface area contributed by atoms with E-state index in [1.165, 1.54) is 24.2 Å². The molecule has 8 nitrogen and oxygen atoms in total. The molecule has 0 saturated heterocycles. The van der Waals surface area contributed by atoms with E-state index in [4.69, 9.17) is 9.47 Å². The van der Waals surface area contributed by atoms with Crippen LogP contribution in [-0.4, -0.2) is 37.8 Å². The van der Waals surface area contributed by atoms with E-state index in [2.05, 4.69) is 25.8 Å². The van der Waals surface area contributed by atoms with E-state index >= 15 is 0 Å². The van der Waals surface area contributed by atoms with Gasteiger partial charge in [-0.15, -0.1) is 0 Å². The molecular weight excluding hydrogens is 402 g/mol. The summed E-state index contributed by atoms with van der Waals surface area (Å²) < 4.78 is 38.5. The Hall–Kier alpha value is -1.91. The number of rotatable bonds is 7. The van der Waals surface area contributed by atoms with Gasteiger partial charge in [-0.3, -0.25) is 9.48 Å². The van der Waals surface area contributed by atoms with Gasteiger partial charge in [0, 0.05) is 23.3 Å². The summed E-state index contributed by atoms with van der Waals surface area (Å²) in [5.74, 6) is -0.133. The van der Waals surface area contributed by atoms with Gasteiger partial charge < -0.3 is 9.47 Å². The van der Waals surface area contributed by atoms with Crippen LogP contribution in [0.5, 0.6) is 5.75 Å². The van der Waals surface area contributed by atoms with Crippen molar-refractivity contribution in [2.24, 2.45) is 7.05 Å². The minimum Gasteiger partial charge on any atom is -0.496 e. The van der Waals surface area contributed by atoms with Crippen LogP contribution < -0.4 is 9.46 Å². The normalized spacial score (nSPS) is 11.3. The van der Waals surface area contributed by atoms with E-state index in [1.54, 1.807) is 25.2 Å². The van der Waals surface area contributed by atoms with E-state index in [1.807, 2.05) is 0 Å². The van der Waals surface area contributed by atoms with Gasteiger partial charge in [0.05, 0.1) is 13.3 Å². The summed E-state index contributed by atoms with van der Waals surface area (Å²) in [7, 11) is -0.697. The molecule has 10 heteroatoms. The number of halogens is 1.